The summed E-state index contributed by atoms with van der Waals surface area (Å²) in [7, 11) is 5.50. The molecule has 734 valence electrons. The number of primary amides is 1. The molecule has 3 fully saturated rings. The number of benzene rings is 3. The summed E-state index contributed by atoms with van der Waals surface area (Å²) in [5.74, 6) is -16.1. The van der Waals surface area contributed by atoms with Crippen molar-refractivity contribution in [3.63, 3.8) is 0 Å². The molecule has 16 amide bonds. The van der Waals surface area contributed by atoms with Gasteiger partial charge in [0.2, 0.25) is 94.5 Å². The molecule has 0 radical (unpaired) electrons. The van der Waals surface area contributed by atoms with Gasteiger partial charge in [0.15, 0.2) is 0 Å². The molecule has 6 heterocycles. The van der Waals surface area contributed by atoms with Crippen molar-refractivity contribution in [1.82, 2.24) is 97.6 Å². The molecule has 43 nitrogen and oxygen atoms in total. The molecule has 3 aliphatic rings. The van der Waals surface area contributed by atoms with Crippen molar-refractivity contribution >= 4 is 134 Å². The van der Waals surface area contributed by atoms with Crippen LogP contribution in [0.3, 0.4) is 0 Å². The van der Waals surface area contributed by atoms with Crippen molar-refractivity contribution in [3.05, 3.63) is 120 Å². The molecule has 3 saturated heterocycles. The number of para-hydroxylation sites is 2. The molecule has 44 heteroatoms. The van der Waals surface area contributed by atoms with E-state index in [1.165, 1.54) is 62.4 Å². The molecule has 135 heavy (non-hydrogen) atoms. The highest BCUT2D eigenvalue weighted by molar-refractivity contribution is 8.00. The average molecular weight is 1900 g/mol. The number of carboxylic acids is 1. The topological polar surface area (TPSA) is 641 Å². The lowest BCUT2D eigenvalue weighted by Gasteiger charge is -2.36. The molecule has 0 aliphatic carbocycles. The lowest BCUT2D eigenvalue weighted by atomic mass is 9.99. The second-order valence-electron chi connectivity index (χ2n) is 34.2. The number of aliphatic carboxylic acids is 1. The Morgan fingerprint density at radius 1 is 0.526 bits per heavy atom. The highest BCUT2D eigenvalue weighted by Gasteiger charge is 2.47. The number of aliphatic hydroxyl groups excluding tert-OH is 1. The fraction of sp³-hybridized carbons (Fsp3) is 0.538. The first-order chi connectivity index (χ1) is 64.6. The molecular weight excluding hydrogens is 1770 g/mol. The van der Waals surface area contributed by atoms with Crippen LogP contribution in [0.15, 0.2) is 97.7 Å². The number of H-pyrrole nitrogens is 3. The Morgan fingerprint density at radius 2 is 1.04 bits per heavy atom. The molecule has 3 aliphatic heterocycles. The molecule has 0 saturated carbocycles. The minimum atomic E-state index is -1.80. The summed E-state index contributed by atoms with van der Waals surface area (Å²) >= 11 is 0.818. The van der Waals surface area contributed by atoms with Crippen LogP contribution in [0.25, 0.3) is 21.8 Å². The fourth-order valence-electron chi connectivity index (χ4n) is 16.8. The van der Waals surface area contributed by atoms with Crippen LogP contribution in [0, 0.1) is 0 Å². The van der Waals surface area contributed by atoms with Crippen LogP contribution in [-0.4, -0.2) is 325 Å². The maximum atomic E-state index is 15.8. The number of aliphatic hydroxyl groups is 1. The summed E-state index contributed by atoms with van der Waals surface area (Å²) in [5.41, 5.74) is 27.0. The number of ether oxygens (including phenoxy) is 1. The quantitative estimate of drug-likeness (QED) is 0.0241. The Bertz CT molecular complexity index is 5130. The van der Waals surface area contributed by atoms with E-state index in [9.17, 15) is 53.4 Å². The molecule has 0 spiro atoms. The zero-order valence-corrected chi connectivity index (χ0v) is 78.0. The van der Waals surface area contributed by atoms with Crippen molar-refractivity contribution in [2.75, 3.05) is 79.0 Å². The standard InChI is InChI=1S/C91H129N23O20S/c1-8-10-23-71-84(126)103-62(22-16-34-92)80(122)109-70(79(121)99-46-75(95)116)48-135-49-76(117)101-68(38-52-26-28-57(134-7)29-27-52)87(129)110(4)51(3)78(120)104-65(33-36-94)89(131)113-37-17-25-72(113)85(127)107-67(41-55-45-96-50-100-55)83(125)105-64(30-31-77(118)119)90(132)114-47-56(115)42-74(114)86(128)106-66(39-53-43-97-60-20-14-12-18-58(53)60)82(124)102-63(32-35-93)81(123)108-69(40-54-44-98-61-21-15-13-19-59(54)61)88(130)112(6)73(24-11-9-2)91(133)111(71)5/h12-15,18-21,26-29,43-45,50-51,56,62-74,97-98,115H,8-11,16-17,22-25,30-42,46-49,92-94H2,1-7H3,(H2,95,116)(H,96,100)(H,99,121)(H,101,117)(H,102,124)(H,103,126)(H,104,120)(H,105,125)(H,106,128)(H,107,127)(H,108,123)(H,109,122)(H,118,119)/t51-,56+,62-,63-,64-,65-,66-,67-,68-,69-,70-,71-,72?,73-,74-/m0/s1. The minimum absolute atomic E-state index is 0.0162. The number of aromatic nitrogens is 4. The van der Waals surface area contributed by atoms with Crippen LogP contribution in [0.1, 0.15) is 139 Å². The SMILES string of the molecule is CCCC[C@H]1C(=O)N(C)[C@@H](CCCC)C(=O)N[C@@H](CCCN)C(=O)N[C@H](C(=O)NCC(N)=O)CSCC(=O)N[C@@H](Cc2ccc(OC)cc2)C(=O)N(C)[C@@H](C)C(=O)N[C@@H](CCN)C(=O)N2CCCC2C(=O)N[C@@H](Cc2cnc[nH]2)C(=O)N[C@@H](CCC(=O)O)C(=O)N2C[C@H](O)C[C@H]2C(=O)N[C@@H](Cc2c[nH]c3ccccc23)C(=O)N[C@@H](CCN)C(=O)N[C@@H](Cc2c[nH]c3ccccc23)C(=O)N1C. The average Bonchev–Trinajstić information content (AvgIpc) is 1.68. The summed E-state index contributed by atoms with van der Waals surface area (Å²) < 4.78 is 5.36. The lowest BCUT2D eigenvalue weighted by molar-refractivity contribution is -0.149. The molecule has 9 rings (SSSR count). The highest BCUT2D eigenvalue weighted by atomic mass is 32.2. The van der Waals surface area contributed by atoms with E-state index in [1.54, 1.807) is 85.2 Å². The Balaban J connectivity index is 1.10. The highest BCUT2D eigenvalue weighted by Crippen LogP contribution is 2.28. The molecule has 6 aromatic rings. The number of nitrogens with one attached hydrogen (secondary N) is 13. The van der Waals surface area contributed by atoms with Crippen LogP contribution < -0.4 is 80.8 Å². The van der Waals surface area contributed by atoms with Gasteiger partial charge >= 0.3 is 5.97 Å². The third-order valence-corrected chi connectivity index (χ3v) is 25.6. The Morgan fingerprint density at radius 3 is 1.64 bits per heavy atom. The summed E-state index contributed by atoms with van der Waals surface area (Å²) in [6.45, 7) is 3.38. The minimum Gasteiger partial charge on any atom is -0.497 e. The molecular formula is C91H129N23O20S. The van der Waals surface area contributed by atoms with Gasteiger partial charge in [0.25, 0.3) is 0 Å². The molecule has 0 bridgehead atoms. The zero-order valence-electron chi connectivity index (χ0n) is 77.1. The molecule has 15 atom stereocenters. The van der Waals surface area contributed by atoms with Crippen LogP contribution in [0.5, 0.6) is 5.75 Å². The predicted molar refractivity (Wildman–Crippen MR) is 498 cm³/mol. The van der Waals surface area contributed by atoms with Gasteiger partial charge in [-0.05, 0) is 125 Å². The van der Waals surface area contributed by atoms with Gasteiger partial charge < -0.3 is 131 Å². The maximum Gasteiger partial charge on any atom is 0.303 e. The number of nitrogens with two attached hydrogens (primary N) is 4. The van der Waals surface area contributed by atoms with Gasteiger partial charge in [-0.15, -0.1) is 11.8 Å². The van der Waals surface area contributed by atoms with Crippen LogP contribution in [-0.2, 0) is 107 Å². The van der Waals surface area contributed by atoms with Gasteiger partial charge in [-0.2, -0.15) is 0 Å². The smallest absolute Gasteiger partial charge is 0.303 e. The van der Waals surface area contributed by atoms with E-state index in [0.717, 1.165) is 21.6 Å². The first-order valence-corrected chi connectivity index (χ1v) is 46.8. The number of unbranched alkanes of at least 4 members (excludes halogenated alkanes) is 2. The van der Waals surface area contributed by atoms with E-state index in [2.05, 4.69) is 73.1 Å². The number of carboxylic acid groups (broad SMARTS) is 1. The van der Waals surface area contributed by atoms with E-state index in [0.29, 0.717) is 69.9 Å². The van der Waals surface area contributed by atoms with E-state index >= 15 is 38.4 Å². The zero-order chi connectivity index (χ0) is 98.3. The Labute approximate surface area is 785 Å². The number of aromatic amines is 3. The van der Waals surface area contributed by atoms with Crippen LogP contribution in [0.4, 0.5) is 0 Å². The van der Waals surface area contributed by atoms with Crippen molar-refractivity contribution in [2.45, 2.75) is 233 Å². The van der Waals surface area contributed by atoms with E-state index in [1.807, 2.05) is 13.8 Å². The number of carbonyl (C=O) groups is 17. The van der Waals surface area contributed by atoms with Gasteiger partial charge in [0.1, 0.15) is 90.3 Å². The lowest BCUT2D eigenvalue weighted by Crippen LogP contribution is -2.61. The second kappa shape index (κ2) is 51.4. The molecule has 3 aromatic heterocycles. The number of hydrogen-bond acceptors (Lipinski definition) is 24. The van der Waals surface area contributed by atoms with E-state index in [4.69, 9.17) is 27.7 Å². The van der Waals surface area contributed by atoms with Gasteiger partial charge in [0, 0.05) is 125 Å². The number of thioether (sulfide) groups is 1. The third kappa shape index (κ3) is 29.2. The van der Waals surface area contributed by atoms with Crippen molar-refractivity contribution in [3.8, 4) is 5.75 Å². The van der Waals surface area contributed by atoms with Gasteiger partial charge in [-0.3, -0.25) is 81.5 Å². The second-order valence-corrected chi connectivity index (χ2v) is 35.2. The van der Waals surface area contributed by atoms with Gasteiger partial charge in [-0.25, -0.2) is 4.98 Å². The monoisotopic (exact) mass is 1900 g/mol. The number of hydrogen-bond donors (Lipinski definition) is 19. The predicted octanol–water partition coefficient (Wildman–Crippen LogP) is -2.50. The Kier molecular flexibility index (Phi) is 40.2. The van der Waals surface area contributed by atoms with Crippen molar-refractivity contribution < 1.29 is 96.5 Å². The third-order valence-electron chi connectivity index (χ3n) is 24.5. The van der Waals surface area contributed by atoms with Gasteiger partial charge in [-0.1, -0.05) is 88.1 Å². The Hall–Kier alpha value is -13.1. The van der Waals surface area contributed by atoms with E-state index < -0.39 is 229 Å². The summed E-state index contributed by atoms with van der Waals surface area (Å²) in [6, 6.07) is -0.372. The molecule has 23 N–H and O–H groups in total. The maximum absolute atomic E-state index is 15.8. The number of rotatable bonds is 28. The van der Waals surface area contributed by atoms with Crippen molar-refractivity contribution in [1.29, 1.82) is 0 Å². The first kappa shape index (κ1) is 106. The summed E-state index contributed by atoms with van der Waals surface area (Å²) in [4.78, 5) is 269. The first-order valence-electron chi connectivity index (χ1n) is 45.6. The summed E-state index contributed by atoms with van der Waals surface area (Å²) in [6.07, 6.45) is 3.21. The summed E-state index contributed by atoms with van der Waals surface area (Å²) in [5, 5.41) is 49.8. The largest absolute Gasteiger partial charge is 0.497 e. The number of likely N-dealkylation sites (N-methyl/N-ethyl adjacent to an activating group) is 3. The van der Waals surface area contributed by atoms with E-state index in [-0.39, 0.29) is 115 Å². The number of nitrogens with zero attached hydrogens (tertiary/aromatic N) is 6. The van der Waals surface area contributed by atoms with Crippen LogP contribution >= 0.6 is 11.8 Å². The number of amides is 16. The molecule has 3 aromatic carbocycles. The number of methoxy groups -OCH3 is 1. The number of fused-ring (bicyclic) bond motifs is 4. The number of imidazole rings is 1. The number of carbonyl (C=O) groups excluding carboxylic acids is 16. The molecule has 1 unspecified atom stereocenters. The van der Waals surface area contributed by atoms with Gasteiger partial charge in [0.05, 0.1) is 31.8 Å². The van der Waals surface area contributed by atoms with Crippen LogP contribution in [0.2, 0.25) is 0 Å². The normalized spacial score (nSPS) is 24.8. The van der Waals surface area contributed by atoms with Crippen molar-refractivity contribution in [2.24, 2.45) is 22.9 Å². The fourth-order valence-corrected chi connectivity index (χ4v) is 17.7.